The number of nitrogens with zero attached hydrogens (tertiary/aromatic N) is 1. The predicted molar refractivity (Wildman–Crippen MR) is 36.2 cm³/mol. The van der Waals surface area contributed by atoms with Crippen molar-refractivity contribution in [2.75, 3.05) is 6.61 Å². The lowest BCUT2D eigenvalue weighted by Crippen LogP contribution is -2.19. The van der Waals surface area contributed by atoms with Crippen molar-refractivity contribution in [1.82, 2.24) is 0 Å². The van der Waals surface area contributed by atoms with E-state index in [0.717, 1.165) is 0 Å². The third-order valence-electron chi connectivity index (χ3n) is 1.32. The molecule has 3 nitrogen and oxygen atoms in total. The molecule has 1 heterocycles. The SMILES string of the molecule is C=CC1(C)COC(N)=N1. The fourth-order valence-electron chi connectivity index (χ4n) is 0.641. The second-order valence-corrected chi connectivity index (χ2v) is 2.30. The van der Waals surface area contributed by atoms with Crippen LogP contribution in [0.25, 0.3) is 0 Å². The first-order valence-electron chi connectivity index (χ1n) is 2.78. The zero-order chi connectivity index (χ0) is 6.91. The molecule has 0 aromatic heterocycles. The summed E-state index contributed by atoms with van der Waals surface area (Å²) in [6.07, 6.45) is 1.73. The first-order valence-corrected chi connectivity index (χ1v) is 2.78. The molecular formula is C6H10N2O. The van der Waals surface area contributed by atoms with Crippen LogP contribution >= 0.6 is 0 Å². The zero-order valence-electron chi connectivity index (χ0n) is 5.42. The van der Waals surface area contributed by atoms with Crippen molar-refractivity contribution >= 4 is 6.02 Å². The molecule has 0 amide bonds. The fourth-order valence-corrected chi connectivity index (χ4v) is 0.641. The quantitative estimate of drug-likeness (QED) is 0.513. The van der Waals surface area contributed by atoms with E-state index in [-0.39, 0.29) is 11.6 Å². The minimum Gasteiger partial charge on any atom is -0.463 e. The summed E-state index contributed by atoms with van der Waals surface area (Å²) in [5, 5.41) is 0. The largest absolute Gasteiger partial charge is 0.463 e. The van der Waals surface area contributed by atoms with Gasteiger partial charge in [-0.15, -0.1) is 6.58 Å². The number of aliphatic imine (C=N–C) groups is 1. The van der Waals surface area contributed by atoms with Gasteiger partial charge in [-0.2, -0.15) is 0 Å². The minimum atomic E-state index is -0.288. The first-order chi connectivity index (χ1) is 4.16. The molecule has 0 aromatic carbocycles. The lowest BCUT2D eigenvalue weighted by atomic mass is 10.1. The summed E-state index contributed by atoms with van der Waals surface area (Å²) in [4.78, 5) is 3.99. The molecule has 3 heteroatoms. The second-order valence-electron chi connectivity index (χ2n) is 2.30. The van der Waals surface area contributed by atoms with Crippen LogP contribution in [0.5, 0.6) is 0 Å². The molecule has 2 N–H and O–H groups in total. The van der Waals surface area contributed by atoms with E-state index in [1.54, 1.807) is 6.08 Å². The van der Waals surface area contributed by atoms with E-state index in [4.69, 9.17) is 10.5 Å². The molecule has 1 rings (SSSR count). The molecule has 0 bridgehead atoms. The molecule has 1 unspecified atom stereocenters. The Morgan fingerprint density at radius 2 is 2.67 bits per heavy atom. The van der Waals surface area contributed by atoms with Crippen LogP contribution in [0, 0.1) is 0 Å². The Morgan fingerprint density at radius 1 is 2.00 bits per heavy atom. The van der Waals surface area contributed by atoms with Crippen LogP contribution < -0.4 is 5.73 Å². The minimum absolute atomic E-state index is 0.261. The first kappa shape index (κ1) is 6.13. The van der Waals surface area contributed by atoms with Gasteiger partial charge in [0.25, 0.3) is 6.02 Å². The van der Waals surface area contributed by atoms with Crippen molar-refractivity contribution in [2.24, 2.45) is 10.7 Å². The van der Waals surface area contributed by atoms with Crippen LogP contribution in [0.2, 0.25) is 0 Å². The van der Waals surface area contributed by atoms with Gasteiger partial charge in [0, 0.05) is 0 Å². The Labute approximate surface area is 54.2 Å². The highest BCUT2D eigenvalue weighted by molar-refractivity contribution is 5.74. The third kappa shape index (κ3) is 1.04. The molecule has 0 aromatic rings. The van der Waals surface area contributed by atoms with Crippen molar-refractivity contribution in [3.05, 3.63) is 12.7 Å². The molecule has 1 aliphatic rings. The normalized spacial score (nSPS) is 33.2. The summed E-state index contributed by atoms with van der Waals surface area (Å²) in [5.41, 5.74) is 4.98. The second kappa shape index (κ2) is 1.76. The molecule has 0 aliphatic carbocycles. The fraction of sp³-hybridized carbons (Fsp3) is 0.500. The van der Waals surface area contributed by atoms with Gasteiger partial charge in [0.15, 0.2) is 0 Å². The average Bonchev–Trinajstić information content (AvgIpc) is 2.13. The van der Waals surface area contributed by atoms with Crippen molar-refractivity contribution in [3.63, 3.8) is 0 Å². The van der Waals surface area contributed by atoms with Gasteiger partial charge < -0.3 is 10.5 Å². The Morgan fingerprint density at radius 3 is 2.89 bits per heavy atom. The van der Waals surface area contributed by atoms with Crippen molar-refractivity contribution in [3.8, 4) is 0 Å². The van der Waals surface area contributed by atoms with Gasteiger partial charge in [0.2, 0.25) is 0 Å². The van der Waals surface area contributed by atoms with Gasteiger partial charge in [-0.05, 0) is 6.92 Å². The number of hydrogen-bond donors (Lipinski definition) is 1. The highest BCUT2D eigenvalue weighted by Crippen LogP contribution is 2.16. The van der Waals surface area contributed by atoms with Crippen molar-refractivity contribution in [1.29, 1.82) is 0 Å². The monoisotopic (exact) mass is 126 g/mol. The van der Waals surface area contributed by atoms with E-state index < -0.39 is 0 Å². The Hall–Kier alpha value is -0.990. The summed E-state index contributed by atoms with van der Waals surface area (Å²) in [6, 6.07) is 0.261. The number of nitrogens with two attached hydrogens (primary N) is 1. The molecule has 0 spiro atoms. The van der Waals surface area contributed by atoms with Crippen LogP contribution in [0.4, 0.5) is 0 Å². The molecule has 1 atom stereocenters. The Kier molecular flexibility index (Phi) is 1.20. The van der Waals surface area contributed by atoms with Gasteiger partial charge in [-0.3, -0.25) is 0 Å². The number of rotatable bonds is 1. The standard InChI is InChI=1S/C6H10N2O/c1-3-6(2)4-9-5(7)8-6/h3H,1,4H2,2H3,(H2,7,8). The maximum Gasteiger partial charge on any atom is 0.282 e. The Bertz CT molecular complexity index is 164. The van der Waals surface area contributed by atoms with E-state index in [2.05, 4.69) is 11.6 Å². The molecule has 0 saturated carbocycles. The Balaban J connectivity index is 2.75. The topological polar surface area (TPSA) is 47.6 Å². The third-order valence-corrected chi connectivity index (χ3v) is 1.32. The van der Waals surface area contributed by atoms with Crippen molar-refractivity contribution in [2.45, 2.75) is 12.5 Å². The number of amidine groups is 1. The average molecular weight is 126 g/mol. The van der Waals surface area contributed by atoms with Gasteiger partial charge in [-0.1, -0.05) is 6.08 Å². The summed E-state index contributed by atoms with van der Waals surface area (Å²) in [7, 11) is 0. The van der Waals surface area contributed by atoms with E-state index >= 15 is 0 Å². The zero-order valence-corrected chi connectivity index (χ0v) is 5.42. The maximum absolute atomic E-state index is 5.27. The van der Waals surface area contributed by atoms with E-state index in [1.807, 2.05) is 6.92 Å². The van der Waals surface area contributed by atoms with Gasteiger partial charge in [0.1, 0.15) is 12.1 Å². The highest BCUT2D eigenvalue weighted by atomic mass is 16.5. The highest BCUT2D eigenvalue weighted by Gasteiger charge is 2.26. The smallest absolute Gasteiger partial charge is 0.282 e. The van der Waals surface area contributed by atoms with Crippen LogP contribution in [0.1, 0.15) is 6.92 Å². The summed E-state index contributed by atoms with van der Waals surface area (Å²) < 4.78 is 4.92. The summed E-state index contributed by atoms with van der Waals surface area (Å²) in [6.45, 7) is 6.04. The van der Waals surface area contributed by atoms with Crippen LogP contribution in [0.15, 0.2) is 17.6 Å². The summed E-state index contributed by atoms with van der Waals surface area (Å²) in [5.74, 6) is 0. The lowest BCUT2D eigenvalue weighted by Gasteiger charge is -2.09. The van der Waals surface area contributed by atoms with Crippen molar-refractivity contribution < 1.29 is 4.74 Å². The predicted octanol–water partition coefficient (Wildman–Crippen LogP) is 0.276. The van der Waals surface area contributed by atoms with Gasteiger partial charge >= 0.3 is 0 Å². The molecule has 9 heavy (non-hydrogen) atoms. The van der Waals surface area contributed by atoms with E-state index in [0.29, 0.717) is 6.61 Å². The lowest BCUT2D eigenvalue weighted by molar-refractivity contribution is 0.291. The molecule has 50 valence electrons. The van der Waals surface area contributed by atoms with Crippen LogP contribution in [-0.4, -0.2) is 18.2 Å². The molecule has 0 fully saturated rings. The number of ether oxygens (including phenoxy) is 1. The van der Waals surface area contributed by atoms with Gasteiger partial charge in [-0.25, -0.2) is 4.99 Å². The molecular weight excluding hydrogens is 116 g/mol. The molecule has 0 radical (unpaired) electrons. The number of hydrogen-bond acceptors (Lipinski definition) is 3. The van der Waals surface area contributed by atoms with Gasteiger partial charge in [0.05, 0.1) is 0 Å². The van der Waals surface area contributed by atoms with E-state index in [9.17, 15) is 0 Å². The summed E-state index contributed by atoms with van der Waals surface area (Å²) >= 11 is 0. The van der Waals surface area contributed by atoms with E-state index in [1.165, 1.54) is 0 Å². The van der Waals surface area contributed by atoms with Crippen LogP contribution in [0.3, 0.4) is 0 Å². The maximum atomic E-state index is 5.27. The van der Waals surface area contributed by atoms with Crippen LogP contribution in [-0.2, 0) is 4.74 Å². The molecule has 0 saturated heterocycles. The molecule has 1 aliphatic heterocycles.